The molecule has 7 heteroatoms. The van der Waals surface area contributed by atoms with Crippen LogP contribution in [0.4, 0.5) is 8.78 Å². The molecule has 4 nitrogen and oxygen atoms in total. The molecule has 0 fully saturated rings. The number of esters is 1. The van der Waals surface area contributed by atoms with Crippen LogP contribution in [0.25, 0.3) is 10.9 Å². The van der Waals surface area contributed by atoms with E-state index in [1.807, 2.05) is 0 Å². The van der Waals surface area contributed by atoms with Crippen LogP contribution in [0, 0.1) is 0 Å². The number of fused-ring (bicyclic) bond motifs is 1. The Morgan fingerprint density at radius 2 is 2.24 bits per heavy atom. The molecule has 0 aliphatic heterocycles. The molecule has 0 unspecified atom stereocenters. The van der Waals surface area contributed by atoms with Crippen LogP contribution in [0.2, 0.25) is 0 Å². The molecular formula is C10H7BrF2N2O2. The van der Waals surface area contributed by atoms with Gasteiger partial charge in [0, 0.05) is 9.86 Å². The van der Waals surface area contributed by atoms with Crippen LogP contribution >= 0.6 is 15.9 Å². The normalized spacial score (nSPS) is 11.1. The van der Waals surface area contributed by atoms with Gasteiger partial charge in [0.05, 0.1) is 12.6 Å². The molecule has 0 N–H and O–H groups in total. The molecule has 1 heterocycles. The summed E-state index contributed by atoms with van der Waals surface area (Å²) in [6.45, 7) is -2.81. The summed E-state index contributed by atoms with van der Waals surface area (Å²) in [5, 5.41) is 3.91. The van der Waals surface area contributed by atoms with Gasteiger partial charge in [-0.25, -0.2) is 9.48 Å². The molecule has 1 aromatic carbocycles. The smallest absolute Gasteiger partial charge is 0.359 e. The number of hydrogen-bond donors (Lipinski definition) is 0. The summed E-state index contributed by atoms with van der Waals surface area (Å²) in [5.74, 6) is -0.739. The summed E-state index contributed by atoms with van der Waals surface area (Å²) in [7, 11) is 1.18. The van der Waals surface area contributed by atoms with Crippen molar-refractivity contribution in [3.63, 3.8) is 0 Å². The Kier molecular flexibility index (Phi) is 3.10. The zero-order chi connectivity index (χ0) is 12.6. The number of ether oxygens (including phenoxy) is 1. The van der Waals surface area contributed by atoms with Gasteiger partial charge in [0.25, 0.3) is 0 Å². The highest BCUT2D eigenvalue weighted by Crippen LogP contribution is 2.26. The van der Waals surface area contributed by atoms with E-state index in [-0.39, 0.29) is 11.2 Å². The van der Waals surface area contributed by atoms with Crippen LogP contribution in [0.3, 0.4) is 0 Å². The number of carbonyl (C=O) groups is 1. The van der Waals surface area contributed by atoms with Crippen molar-refractivity contribution in [1.29, 1.82) is 0 Å². The van der Waals surface area contributed by atoms with Crippen LogP contribution in [-0.4, -0.2) is 22.9 Å². The van der Waals surface area contributed by atoms with Gasteiger partial charge in [-0.3, -0.25) is 0 Å². The molecule has 0 aliphatic carbocycles. The number of rotatable bonds is 2. The first-order valence-electron chi connectivity index (χ1n) is 4.59. The minimum atomic E-state index is -2.81. The van der Waals surface area contributed by atoms with Crippen LogP contribution in [0.15, 0.2) is 22.7 Å². The topological polar surface area (TPSA) is 44.1 Å². The van der Waals surface area contributed by atoms with Gasteiger partial charge in [0.1, 0.15) is 0 Å². The highest BCUT2D eigenvalue weighted by molar-refractivity contribution is 9.10. The van der Waals surface area contributed by atoms with Crippen LogP contribution in [0.1, 0.15) is 17.0 Å². The molecule has 0 aliphatic rings. The van der Waals surface area contributed by atoms with Gasteiger partial charge < -0.3 is 4.74 Å². The fourth-order valence-corrected chi connectivity index (χ4v) is 1.86. The molecule has 0 amide bonds. The van der Waals surface area contributed by atoms with Crippen molar-refractivity contribution in [2.24, 2.45) is 0 Å². The molecule has 90 valence electrons. The van der Waals surface area contributed by atoms with Gasteiger partial charge in [0.2, 0.25) is 0 Å². The highest BCUT2D eigenvalue weighted by Gasteiger charge is 2.21. The van der Waals surface area contributed by atoms with Gasteiger partial charge >= 0.3 is 12.5 Å². The summed E-state index contributed by atoms with van der Waals surface area (Å²) in [6.07, 6.45) is 0. The van der Waals surface area contributed by atoms with E-state index in [1.54, 1.807) is 6.07 Å². The van der Waals surface area contributed by atoms with E-state index in [4.69, 9.17) is 0 Å². The van der Waals surface area contributed by atoms with Gasteiger partial charge in [0.15, 0.2) is 5.69 Å². The second-order valence-electron chi connectivity index (χ2n) is 3.22. The number of aromatic nitrogens is 2. The van der Waals surface area contributed by atoms with Crippen LogP contribution in [-0.2, 0) is 4.74 Å². The fraction of sp³-hybridized carbons (Fsp3) is 0.200. The molecule has 2 rings (SSSR count). The largest absolute Gasteiger partial charge is 0.464 e. The minimum absolute atomic E-state index is 0.115. The van der Waals surface area contributed by atoms with Crippen LogP contribution < -0.4 is 0 Å². The Balaban J connectivity index is 2.75. The van der Waals surface area contributed by atoms with E-state index < -0.39 is 12.5 Å². The zero-order valence-corrected chi connectivity index (χ0v) is 10.2. The van der Waals surface area contributed by atoms with E-state index in [1.165, 1.54) is 19.2 Å². The van der Waals surface area contributed by atoms with E-state index in [2.05, 4.69) is 25.8 Å². The predicted octanol–water partition coefficient (Wildman–Crippen LogP) is 2.98. The van der Waals surface area contributed by atoms with Crippen molar-refractivity contribution in [3.8, 4) is 0 Å². The summed E-state index contributed by atoms with van der Waals surface area (Å²) in [5.41, 5.74) is 0.0603. The molecular weight excluding hydrogens is 298 g/mol. The van der Waals surface area contributed by atoms with Crippen molar-refractivity contribution in [2.75, 3.05) is 7.11 Å². The molecule has 0 saturated carbocycles. The summed E-state index contributed by atoms with van der Waals surface area (Å²) in [6, 6.07) is 4.66. The Labute approximate surface area is 103 Å². The average Bonchev–Trinajstić information content (AvgIpc) is 2.66. The lowest BCUT2D eigenvalue weighted by Gasteiger charge is -2.00. The van der Waals surface area contributed by atoms with Gasteiger partial charge in [-0.1, -0.05) is 15.9 Å². The highest BCUT2D eigenvalue weighted by atomic mass is 79.9. The van der Waals surface area contributed by atoms with E-state index in [0.717, 1.165) is 0 Å². The first-order valence-corrected chi connectivity index (χ1v) is 5.38. The Bertz CT molecular complexity index is 583. The van der Waals surface area contributed by atoms with E-state index in [9.17, 15) is 13.6 Å². The Hall–Kier alpha value is -1.50. The number of methoxy groups -OCH3 is 1. The van der Waals surface area contributed by atoms with Crippen molar-refractivity contribution < 1.29 is 18.3 Å². The third-order valence-electron chi connectivity index (χ3n) is 2.23. The van der Waals surface area contributed by atoms with Crippen molar-refractivity contribution in [3.05, 3.63) is 28.4 Å². The first kappa shape index (κ1) is 12.0. The van der Waals surface area contributed by atoms with Gasteiger partial charge in [-0.2, -0.15) is 13.9 Å². The second kappa shape index (κ2) is 4.40. The monoisotopic (exact) mass is 304 g/mol. The SMILES string of the molecule is COC(=O)c1nn(C(F)F)c2cc(Br)ccc12. The number of carbonyl (C=O) groups excluding carboxylic acids is 1. The lowest BCUT2D eigenvalue weighted by atomic mass is 10.2. The van der Waals surface area contributed by atoms with Crippen molar-refractivity contribution in [2.45, 2.75) is 6.55 Å². The maximum atomic E-state index is 12.7. The number of benzene rings is 1. The lowest BCUT2D eigenvalue weighted by Crippen LogP contribution is -2.05. The third kappa shape index (κ3) is 2.02. The van der Waals surface area contributed by atoms with E-state index in [0.29, 0.717) is 14.5 Å². The quantitative estimate of drug-likeness (QED) is 0.801. The van der Waals surface area contributed by atoms with Crippen molar-refractivity contribution in [1.82, 2.24) is 9.78 Å². The minimum Gasteiger partial charge on any atom is -0.464 e. The predicted molar refractivity (Wildman–Crippen MR) is 60.0 cm³/mol. The zero-order valence-electron chi connectivity index (χ0n) is 8.65. The molecule has 1 aromatic heterocycles. The van der Waals surface area contributed by atoms with Crippen LogP contribution in [0.5, 0.6) is 0 Å². The molecule has 0 atom stereocenters. The summed E-state index contributed by atoms with van der Waals surface area (Å²) in [4.78, 5) is 11.4. The molecule has 0 radical (unpaired) electrons. The second-order valence-corrected chi connectivity index (χ2v) is 4.14. The fourth-order valence-electron chi connectivity index (χ4n) is 1.51. The van der Waals surface area contributed by atoms with Crippen molar-refractivity contribution >= 4 is 32.8 Å². The molecule has 0 bridgehead atoms. The standard InChI is InChI=1S/C10H7BrF2N2O2/c1-17-9(16)8-6-3-2-5(11)4-7(6)15(14-8)10(12)13/h2-4,10H,1H3. The van der Waals surface area contributed by atoms with Gasteiger partial charge in [-0.15, -0.1) is 0 Å². The average molecular weight is 305 g/mol. The number of alkyl halides is 2. The number of halogens is 3. The Morgan fingerprint density at radius 1 is 1.53 bits per heavy atom. The number of hydrogen-bond acceptors (Lipinski definition) is 3. The Morgan fingerprint density at radius 3 is 2.82 bits per heavy atom. The van der Waals surface area contributed by atoms with E-state index >= 15 is 0 Å². The molecule has 17 heavy (non-hydrogen) atoms. The van der Waals surface area contributed by atoms with Gasteiger partial charge in [-0.05, 0) is 18.2 Å². The summed E-state index contributed by atoms with van der Waals surface area (Å²) < 4.78 is 31.1. The molecule has 0 spiro atoms. The molecule has 0 saturated heterocycles. The lowest BCUT2D eigenvalue weighted by molar-refractivity contribution is 0.0545. The number of nitrogens with zero attached hydrogens (tertiary/aromatic N) is 2. The summed E-state index contributed by atoms with van der Waals surface area (Å²) >= 11 is 3.18. The molecule has 2 aromatic rings. The maximum Gasteiger partial charge on any atom is 0.359 e. The first-order chi connectivity index (χ1) is 8.04. The maximum absolute atomic E-state index is 12.7. The third-order valence-corrected chi connectivity index (χ3v) is 2.73.